The van der Waals surface area contributed by atoms with Crippen LogP contribution in [0.3, 0.4) is 0 Å². The van der Waals surface area contributed by atoms with E-state index < -0.39 is 40.1 Å². The van der Waals surface area contributed by atoms with Crippen LogP contribution in [-0.4, -0.2) is 60.4 Å². The first-order chi connectivity index (χ1) is 9.59. The zero-order valence-electron chi connectivity index (χ0n) is 12.8. The van der Waals surface area contributed by atoms with Gasteiger partial charge in [0.05, 0.1) is 5.25 Å². The van der Waals surface area contributed by atoms with Crippen molar-refractivity contribution in [3.05, 3.63) is 0 Å². The molecule has 0 aromatic rings. The number of thioether (sulfide) groups is 1. The Hall–Kier alpha value is -0.640. The van der Waals surface area contributed by atoms with Gasteiger partial charge in [0.2, 0.25) is 0 Å². The van der Waals surface area contributed by atoms with E-state index in [1.165, 1.54) is 0 Å². The molecule has 126 valence electrons. The predicted octanol–water partition coefficient (Wildman–Crippen LogP) is 0.0953. The second kappa shape index (κ2) is 12.0. The smallest absolute Gasteiger partial charge is 0.321 e. The average molecular weight is 342 g/mol. The van der Waals surface area contributed by atoms with Gasteiger partial charge in [0.15, 0.2) is 0 Å². The van der Waals surface area contributed by atoms with E-state index in [0.29, 0.717) is 5.75 Å². The van der Waals surface area contributed by atoms with Crippen LogP contribution in [-0.2, 0) is 20.4 Å². The molecule has 0 heterocycles. The number of carbonyl (C=O) groups is 2. The summed E-state index contributed by atoms with van der Waals surface area (Å²) in [6.45, 7) is 7.13. The molecule has 9 heteroatoms. The Labute approximate surface area is 132 Å². The lowest BCUT2D eigenvalue weighted by atomic mass is 10.2. The Balaban J connectivity index is 0. The van der Waals surface area contributed by atoms with Crippen LogP contribution in [0.4, 0.5) is 0 Å². The van der Waals surface area contributed by atoms with Crippen LogP contribution in [0.1, 0.15) is 27.7 Å². The highest BCUT2D eigenvalue weighted by molar-refractivity contribution is 7.99. The lowest BCUT2D eigenvalue weighted by Gasteiger charge is -2.13. The van der Waals surface area contributed by atoms with E-state index in [9.17, 15) is 13.8 Å². The topological polar surface area (TPSA) is 144 Å². The Morgan fingerprint density at radius 1 is 1.10 bits per heavy atom. The van der Waals surface area contributed by atoms with Gasteiger partial charge in [0, 0.05) is 21.8 Å². The van der Waals surface area contributed by atoms with Crippen LogP contribution in [0.15, 0.2) is 0 Å². The van der Waals surface area contributed by atoms with E-state index in [2.05, 4.69) is 0 Å². The quantitative estimate of drug-likeness (QED) is 0.486. The maximum Gasteiger partial charge on any atom is 0.321 e. The third-order valence-corrected chi connectivity index (χ3v) is 5.55. The number of carboxylic acids is 2. The second-order valence-electron chi connectivity index (χ2n) is 4.26. The van der Waals surface area contributed by atoms with E-state index in [0.717, 1.165) is 5.75 Å². The molecule has 0 radical (unpaired) electrons. The molecule has 0 fully saturated rings. The zero-order valence-corrected chi connectivity index (χ0v) is 14.4. The van der Waals surface area contributed by atoms with E-state index >= 15 is 0 Å². The fourth-order valence-electron chi connectivity index (χ4n) is 1.19. The van der Waals surface area contributed by atoms with Gasteiger partial charge >= 0.3 is 11.9 Å². The molecule has 0 aromatic carbocycles. The van der Waals surface area contributed by atoms with Crippen molar-refractivity contribution in [2.75, 3.05) is 11.5 Å². The highest BCUT2D eigenvalue weighted by Gasteiger charge is 2.23. The molecule has 0 aliphatic rings. The van der Waals surface area contributed by atoms with Crippen molar-refractivity contribution in [1.29, 1.82) is 0 Å². The van der Waals surface area contributed by atoms with Gasteiger partial charge < -0.3 is 21.7 Å². The molecule has 3 unspecified atom stereocenters. The van der Waals surface area contributed by atoms with Crippen LogP contribution < -0.4 is 11.5 Å². The number of hydrogen-bond donors (Lipinski definition) is 4. The third kappa shape index (κ3) is 9.83. The molecule has 0 amide bonds. The van der Waals surface area contributed by atoms with E-state index in [1.807, 2.05) is 13.8 Å². The third-order valence-electron chi connectivity index (χ3n) is 2.71. The molecular weight excluding hydrogens is 316 g/mol. The van der Waals surface area contributed by atoms with Gasteiger partial charge in [-0.05, 0) is 12.7 Å². The summed E-state index contributed by atoms with van der Waals surface area (Å²) in [6.07, 6.45) is 0. The highest BCUT2D eigenvalue weighted by atomic mass is 32.2. The van der Waals surface area contributed by atoms with Crippen LogP contribution in [0.2, 0.25) is 0 Å². The number of carboxylic acid groups (broad SMARTS) is 2. The summed E-state index contributed by atoms with van der Waals surface area (Å²) >= 11 is 1.56. The number of hydrogen-bond acceptors (Lipinski definition) is 6. The SMILES string of the molecule is CCS(=O)C(C)[C@H](N)C(=O)O.CCSC(C)[C@H](N)C(=O)O. The summed E-state index contributed by atoms with van der Waals surface area (Å²) in [7, 11) is -1.13. The lowest BCUT2D eigenvalue weighted by Crippen LogP contribution is -2.42. The molecule has 7 nitrogen and oxygen atoms in total. The molecule has 0 aliphatic carbocycles. The summed E-state index contributed by atoms with van der Waals surface area (Å²) in [5, 5.41) is 16.4. The monoisotopic (exact) mass is 342 g/mol. The van der Waals surface area contributed by atoms with Crippen molar-refractivity contribution in [2.45, 2.75) is 50.3 Å². The van der Waals surface area contributed by atoms with Gasteiger partial charge in [-0.25, -0.2) is 0 Å². The largest absolute Gasteiger partial charge is 0.480 e. The Morgan fingerprint density at radius 3 is 1.81 bits per heavy atom. The molecule has 0 aliphatic heterocycles. The van der Waals surface area contributed by atoms with Gasteiger partial charge in [0.1, 0.15) is 12.1 Å². The van der Waals surface area contributed by atoms with E-state index in [4.69, 9.17) is 21.7 Å². The minimum absolute atomic E-state index is 0.00231. The van der Waals surface area contributed by atoms with Crippen LogP contribution in [0.25, 0.3) is 0 Å². The lowest BCUT2D eigenvalue weighted by molar-refractivity contribution is -0.139. The van der Waals surface area contributed by atoms with Crippen LogP contribution >= 0.6 is 11.8 Å². The second-order valence-corrected chi connectivity index (χ2v) is 8.00. The zero-order chi connectivity index (χ0) is 17.2. The standard InChI is InChI=1S/C6H13NO3S.C6H13NO2S/c1-3-11(10)4(2)5(7)6(8)9;1-3-10-4(2)5(7)6(8)9/h4-5H,3,7H2,1-2H3,(H,8,9);4-5H,3,7H2,1-2H3,(H,8,9)/t4?,5-,11?;4?,5-/m00/s1. The van der Waals surface area contributed by atoms with Crippen molar-refractivity contribution in [3.63, 3.8) is 0 Å². The predicted molar refractivity (Wildman–Crippen MR) is 87.0 cm³/mol. The van der Waals surface area contributed by atoms with Crippen molar-refractivity contribution in [3.8, 4) is 0 Å². The summed E-state index contributed by atoms with van der Waals surface area (Å²) < 4.78 is 11.0. The molecule has 0 bridgehead atoms. The summed E-state index contributed by atoms with van der Waals surface area (Å²) in [5.74, 6) is -0.669. The fraction of sp³-hybridized carbons (Fsp3) is 0.833. The molecular formula is C12H26N2O5S2. The van der Waals surface area contributed by atoms with Crippen LogP contribution in [0, 0.1) is 0 Å². The molecule has 21 heavy (non-hydrogen) atoms. The van der Waals surface area contributed by atoms with Gasteiger partial charge in [-0.15, -0.1) is 0 Å². The minimum Gasteiger partial charge on any atom is -0.480 e. The molecule has 0 aromatic heterocycles. The van der Waals surface area contributed by atoms with Crippen molar-refractivity contribution in [2.24, 2.45) is 11.5 Å². The van der Waals surface area contributed by atoms with Crippen molar-refractivity contribution in [1.82, 2.24) is 0 Å². The van der Waals surface area contributed by atoms with Gasteiger partial charge in [0.25, 0.3) is 0 Å². The number of nitrogens with two attached hydrogens (primary N) is 2. The number of aliphatic carboxylic acids is 2. The van der Waals surface area contributed by atoms with Gasteiger partial charge in [-0.2, -0.15) is 11.8 Å². The molecule has 0 rings (SSSR count). The first-order valence-electron chi connectivity index (χ1n) is 6.55. The van der Waals surface area contributed by atoms with Crippen LogP contribution in [0.5, 0.6) is 0 Å². The maximum atomic E-state index is 11.0. The molecule has 6 N–H and O–H groups in total. The molecule has 5 atom stereocenters. The van der Waals surface area contributed by atoms with Crippen molar-refractivity contribution < 1.29 is 24.0 Å². The Kier molecular flexibility index (Phi) is 12.9. The fourth-order valence-corrected chi connectivity index (χ4v) is 3.01. The van der Waals surface area contributed by atoms with Gasteiger partial charge in [-0.3, -0.25) is 13.8 Å². The molecule has 0 saturated heterocycles. The molecule has 0 saturated carbocycles. The summed E-state index contributed by atoms with van der Waals surface area (Å²) in [5.41, 5.74) is 10.6. The number of rotatable bonds is 8. The highest BCUT2D eigenvalue weighted by Crippen LogP contribution is 2.11. The first-order valence-corrected chi connectivity index (χ1v) is 8.98. The normalized spacial score (nSPS) is 17.6. The van der Waals surface area contributed by atoms with Gasteiger partial charge in [-0.1, -0.05) is 20.8 Å². The summed E-state index contributed by atoms with van der Waals surface area (Å²) in [6, 6.07) is -1.75. The molecule has 0 spiro atoms. The maximum absolute atomic E-state index is 11.0. The minimum atomic E-state index is -1.13. The summed E-state index contributed by atoms with van der Waals surface area (Å²) in [4.78, 5) is 20.6. The first kappa shape index (κ1) is 22.6. The average Bonchev–Trinajstić information content (AvgIpc) is 2.44. The Bertz CT molecular complexity index is 355. The van der Waals surface area contributed by atoms with E-state index in [-0.39, 0.29) is 5.25 Å². The van der Waals surface area contributed by atoms with E-state index in [1.54, 1.807) is 25.6 Å². The van der Waals surface area contributed by atoms with Crippen molar-refractivity contribution >= 4 is 34.5 Å². The Morgan fingerprint density at radius 2 is 1.52 bits per heavy atom.